The molecule has 20 heavy (non-hydrogen) atoms. The Morgan fingerprint density at radius 2 is 2.10 bits per heavy atom. The fraction of sp³-hybridized carbons (Fsp3) is 0.500. The Morgan fingerprint density at radius 3 is 2.70 bits per heavy atom. The lowest BCUT2D eigenvalue weighted by Gasteiger charge is -2.15. The summed E-state index contributed by atoms with van der Waals surface area (Å²) < 4.78 is 16.6. The first-order valence-electron chi connectivity index (χ1n) is 6.47. The van der Waals surface area contributed by atoms with Crippen LogP contribution in [0.2, 0.25) is 0 Å². The molecule has 0 aromatic heterocycles. The van der Waals surface area contributed by atoms with Gasteiger partial charge in [0.15, 0.2) is 11.5 Å². The molecule has 0 amide bonds. The maximum Gasteiger partial charge on any atom is 0.305 e. The zero-order valence-corrected chi connectivity index (χ0v) is 13.4. The van der Waals surface area contributed by atoms with E-state index >= 15 is 0 Å². The van der Waals surface area contributed by atoms with Gasteiger partial charge in [-0.15, -0.1) is 0 Å². The second kappa shape index (κ2) is 8.81. The molecule has 6 heteroatoms. The van der Waals surface area contributed by atoms with Gasteiger partial charge in [-0.1, -0.05) is 0 Å². The van der Waals surface area contributed by atoms with Crippen LogP contribution >= 0.6 is 15.9 Å². The molecule has 5 nitrogen and oxygen atoms in total. The van der Waals surface area contributed by atoms with E-state index in [4.69, 9.17) is 15.2 Å². The molecule has 0 heterocycles. The summed E-state index contributed by atoms with van der Waals surface area (Å²) >= 11 is 3.45. The highest BCUT2D eigenvalue weighted by atomic mass is 79.9. The highest BCUT2D eigenvalue weighted by Gasteiger charge is 2.12. The number of halogens is 1. The van der Waals surface area contributed by atoms with Crippen LogP contribution in [0.15, 0.2) is 16.6 Å². The third-order valence-electron chi connectivity index (χ3n) is 2.60. The van der Waals surface area contributed by atoms with E-state index in [1.54, 1.807) is 0 Å². The van der Waals surface area contributed by atoms with E-state index in [0.29, 0.717) is 44.1 Å². The van der Waals surface area contributed by atoms with Crippen LogP contribution in [0.4, 0.5) is 0 Å². The van der Waals surface area contributed by atoms with Crippen molar-refractivity contribution >= 4 is 21.9 Å². The Morgan fingerprint density at radius 1 is 1.35 bits per heavy atom. The molecule has 112 valence electrons. The van der Waals surface area contributed by atoms with E-state index in [9.17, 15) is 4.79 Å². The maximum atomic E-state index is 11.0. The summed E-state index contributed by atoms with van der Waals surface area (Å²) in [6.07, 6.45) is 0.919. The number of ether oxygens (including phenoxy) is 3. The molecule has 2 N–H and O–H groups in total. The standard InChI is InChI=1S/C14H20BrNO4/c1-3-19-12-8-10(9-16)7-11(15)14(12)20-6-4-5-13(17)18-2/h7-8H,3-6,9,16H2,1-2H3. The Bertz CT molecular complexity index is 451. The molecule has 0 unspecified atom stereocenters. The number of rotatable bonds is 8. The molecule has 0 saturated heterocycles. The van der Waals surface area contributed by atoms with E-state index in [1.165, 1.54) is 7.11 Å². The summed E-state index contributed by atoms with van der Waals surface area (Å²) in [5.41, 5.74) is 6.60. The van der Waals surface area contributed by atoms with Gasteiger partial charge in [-0.05, 0) is 47.0 Å². The minimum atomic E-state index is -0.240. The summed E-state index contributed by atoms with van der Waals surface area (Å²) in [6.45, 7) is 3.29. The molecule has 0 aliphatic rings. The normalized spacial score (nSPS) is 10.2. The Hall–Kier alpha value is -1.27. The van der Waals surface area contributed by atoms with Gasteiger partial charge in [-0.2, -0.15) is 0 Å². The minimum absolute atomic E-state index is 0.240. The van der Waals surface area contributed by atoms with E-state index in [2.05, 4.69) is 20.7 Å². The highest BCUT2D eigenvalue weighted by Crippen LogP contribution is 2.37. The summed E-state index contributed by atoms with van der Waals surface area (Å²) in [7, 11) is 1.37. The average Bonchev–Trinajstić information content (AvgIpc) is 2.45. The number of esters is 1. The zero-order chi connectivity index (χ0) is 15.0. The van der Waals surface area contributed by atoms with Crippen molar-refractivity contribution in [3.63, 3.8) is 0 Å². The predicted molar refractivity (Wildman–Crippen MR) is 79.9 cm³/mol. The Balaban J connectivity index is 2.69. The minimum Gasteiger partial charge on any atom is -0.490 e. The molecular formula is C14H20BrNO4. The van der Waals surface area contributed by atoms with E-state index in [1.807, 2.05) is 19.1 Å². The van der Waals surface area contributed by atoms with Crippen molar-refractivity contribution in [2.45, 2.75) is 26.3 Å². The number of nitrogens with two attached hydrogens (primary N) is 1. The quantitative estimate of drug-likeness (QED) is 0.579. The monoisotopic (exact) mass is 345 g/mol. The van der Waals surface area contributed by atoms with Gasteiger partial charge < -0.3 is 19.9 Å². The largest absolute Gasteiger partial charge is 0.490 e. The molecule has 0 atom stereocenters. The third-order valence-corrected chi connectivity index (χ3v) is 3.19. The molecule has 0 aliphatic carbocycles. The van der Waals surface area contributed by atoms with Crippen LogP contribution < -0.4 is 15.2 Å². The Labute approximate surface area is 127 Å². The summed E-state index contributed by atoms with van der Waals surface area (Å²) in [6, 6.07) is 3.77. The fourth-order valence-electron chi connectivity index (χ4n) is 1.64. The Kier molecular flexibility index (Phi) is 7.40. The first-order chi connectivity index (χ1) is 9.62. The summed E-state index contributed by atoms with van der Waals surface area (Å²) in [5, 5.41) is 0. The highest BCUT2D eigenvalue weighted by molar-refractivity contribution is 9.10. The van der Waals surface area contributed by atoms with Crippen molar-refractivity contribution < 1.29 is 19.0 Å². The van der Waals surface area contributed by atoms with E-state index < -0.39 is 0 Å². The second-order valence-electron chi connectivity index (χ2n) is 4.07. The van der Waals surface area contributed by atoms with Crippen molar-refractivity contribution in [2.24, 2.45) is 5.73 Å². The number of carbonyl (C=O) groups excluding carboxylic acids is 1. The van der Waals surface area contributed by atoms with Crippen LogP contribution in [0.1, 0.15) is 25.3 Å². The van der Waals surface area contributed by atoms with Gasteiger partial charge >= 0.3 is 5.97 Å². The van der Waals surface area contributed by atoms with Crippen molar-refractivity contribution in [1.29, 1.82) is 0 Å². The smallest absolute Gasteiger partial charge is 0.305 e. The molecule has 0 bridgehead atoms. The SMILES string of the molecule is CCOc1cc(CN)cc(Br)c1OCCCC(=O)OC. The van der Waals surface area contributed by atoms with Crippen molar-refractivity contribution in [3.8, 4) is 11.5 Å². The lowest BCUT2D eigenvalue weighted by atomic mass is 10.2. The lowest BCUT2D eigenvalue weighted by molar-refractivity contribution is -0.140. The van der Waals surface area contributed by atoms with Crippen LogP contribution in [0.3, 0.4) is 0 Å². The maximum absolute atomic E-state index is 11.0. The van der Waals surface area contributed by atoms with Crippen LogP contribution in [0.25, 0.3) is 0 Å². The van der Waals surface area contributed by atoms with Gasteiger partial charge in [-0.25, -0.2) is 0 Å². The zero-order valence-electron chi connectivity index (χ0n) is 11.8. The summed E-state index contributed by atoms with van der Waals surface area (Å²) in [5.74, 6) is 1.05. The van der Waals surface area contributed by atoms with Gasteiger partial charge in [0, 0.05) is 13.0 Å². The fourth-order valence-corrected chi connectivity index (χ4v) is 2.24. The third kappa shape index (κ3) is 5.02. The predicted octanol–water partition coefficient (Wildman–Crippen LogP) is 2.64. The van der Waals surface area contributed by atoms with Crippen molar-refractivity contribution in [3.05, 3.63) is 22.2 Å². The molecule has 0 spiro atoms. The molecular weight excluding hydrogens is 326 g/mol. The number of hydrogen-bond donors (Lipinski definition) is 1. The van der Waals surface area contributed by atoms with Gasteiger partial charge in [-0.3, -0.25) is 4.79 Å². The molecule has 0 radical (unpaired) electrons. The van der Waals surface area contributed by atoms with Crippen LogP contribution in [0, 0.1) is 0 Å². The topological polar surface area (TPSA) is 70.8 Å². The number of hydrogen-bond acceptors (Lipinski definition) is 5. The first-order valence-corrected chi connectivity index (χ1v) is 7.26. The van der Waals surface area contributed by atoms with Crippen LogP contribution in [-0.4, -0.2) is 26.3 Å². The van der Waals surface area contributed by atoms with Gasteiger partial charge in [0.2, 0.25) is 0 Å². The molecule has 0 saturated carbocycles. The average molecular weight is 346 g/mol. The van der Waals surface area contributed by atoms with Gasteiger partial charge in [0.05, 0.1) is 24.8 Å². The van der Waals surface area contributed by atoms with Gasteiger partial charge in [0.25, 0.3) is 0 Å². The molecule has 0 aliphatic heterocycles. The van der Waals surface area contributed by atoms with Crippen LogP contribution in [-0.2, 0) is 16.1 Å². The molecule has 1 rings (SSSR count). The number of benzene rings is 1. The second-order valence-corrected chi connectivity index (χ2v) is 4.92. The molecule has 1 aromatic carbocycles. The molecule has 0 fully saturated rings. The van der Waals surface area contributed by atoms with Crippen molar-refractivity contribution in [1.82, 2.24) is 0 Å². The molecule has 1 aromatic rings. The lowest BCUT2D eigenvalue weighted by Crippen LogP contribution is -2.07. The van der Waals surface area contributed by atoms with Crippen LogP contribution in [0.5, 0.6) is 11.5 Å². The first kappa shape index (κ1) is 16.8. The van der Waals surface area contributed by atoms with Crippen molar-refractivity contribution in [2.75, 3.05) is 20.3 Å². The van der Waals surface area contributed by atoms with E-state index in [-0.39, 0.29) is 5.97 Å². The number of carbonyl (C=O) groups is 1. The number of methoxy groups -OCH3 is 1. The van der Waals surface area contributed by atoms with Gasteiger partial charge in [0.1, 0.15) is 0 Å². The van der Waals surface area contributed by atoms with E-state index in [0.717, 1.165) is 10.0 Å². The summed E-state index contributed by atoms with van der Waals surface area (Å²) in [4.78, 5) is 11.0.